The quantitative estimate of drug-likeness (QED) is 0.569. The van der Waals surface area contributed by atoms with Gasteiger partial charge in [-0.05, 0) is 12.1 Å². The maximum absolute atomic E-state index is 12.8. The molecular weight excluding hydrogens is 314 g/mol. The van der Waals surface area contributed by atoms with Crippen molar-refractivity contribution in [2.75, 3.05) is 0 Å². The van der Waals surface area contributed by atoms with Gasteiger partial charge in [0.15, 0.2) is 11.6 Å². The third-order valence-electron chi connectivity index (χ3n) is 2.07. The van der Waals surface area contributed by atoms with Gasteiger partial charge in [-0.15, -0.1) is 5.56 Å². The zero-order valence-electron chi connectivity index (χ0n) is 9.50. The van der Waals surface area contributed by atoms with Crippen molar-refractivity contribution in [1.82, 2.24) is 0 Å². The minimum Gasteiger partial charge on any atom is -1.00 e. The molecule has 0 N–H and O–H groups in total. The van der Waals surface area contributed by atoms with Crippen LogP contribution in [0, 0.1) is 17.7 Å². The summed E-state index contributed by atoms with van der Waals surface area (Å²) in [6, 6.07) is 13.6. The summed E-state index contributed by atoms with van der Waals surface area (Å²) >= 11 is 0. The standard InChI is InChI=1S/C13H9F2O.BrH.Mg/c14-12-7-6-11(8-13(12)15)16-9-10-4-2-1-3-5-10;;/h1-2,4-8H,9H2;1H;/q-1;;+2/p-1. The predicted octanol–water partition coefficient (Wildman–Crippen LogP) is -0.0328. The second kappa shape index (κ2) is 8.45. The van der Waals surface area contributed by atoms with Gasteiger partial charge in [0.05, 0.1) is 6.61 Å². The molecule has 0 unspecified atom stereocenters. The Morgan fingerprint density at radius 1 is 1.11 bits per heavy atom. The van der Waals surface area contributed by atoms with Gasteiger partial charge < -0.3 is 21.7 Å². The predicted molar refractivity (Wildman–Crippen MR) is 61.7 cm³/mol. The van der Waals surface area contributed by atoms with Gasteiger partial charge in [-0.3, -0.25) is 0 Å². The second-order valence-electron chi connectivity index (χ2n) is 3.28. The third-order valence-corrected chi connectivity index (χ3v) is 2.07. The van der Waals surface area contributed by atoms with E-state index in [2.05, 4.69) is 6.07 Å². The molecular formula is C13H9BrF2MgO. The normalized spacial score (nSPS) is 9.00. The molecule has 0 aliphatic carbocycles. The Bertz CT molecular complexity index is 480. The summed E-state index contributed by atoms with van der Waals surface area (Å²) in [6.07, 6.45) is 0. The van der Waals surface area contributed by atoms with Gasteiger partial charge in [0.2, 0.25) is 0 Å². The monoisotopic (exact) mass is 322 g/mol. The fourth-order valence-corrected chi connectivity index (χ4v) is 1.25. The molecule has 0 aliphatic rings. The first-order valence-corrected chi connectivity index (χ1v) is 4.78. The number of rotatable bonds is 3. The van der Waals surface area contributed by atoms with Crippen LogP contribution in [0.3, 0.4) is 0 Å². The average Bonchev–Trinajstić information content (AvgIpc) is 2.32. The van der Waals surface area contributed by atoms with E-state index in [1.165, 1.54) is 6.07 Å². The molecule has 2 aromatic rings. The number of halogens is 3. The molecule has 0 aliphatic heterocycles. The zero-order valence-corrected chi connectivity index (χ0v) is 12.5. The van der Waals surface area contributed by atoms with E-state index in [0.717, 1.165) is 17.7 Å². The molecule has 18 heavy (non-hydrogen) atoms. The Balaban J connectivity index is 0.00000144. The minimum atomic E-state index is -0.905. The molecule has 2 aromatic carbocycles. The van der Waals surface area contributed by atoms with Crippen molar-refractivity contribution in [2.24, 2.45) is 0 Å². The topological polar surface area (TPSA) is 9.23 Å². The van der Waals surface area contributed by atoms with Gasteiger partial charge in [-0.2, -0.15) is 30.3 Å². The van der Waals surface area contributed by atoms with Crippen LogP contribution in [0.5, 0.6) is 5.75 Å². The summed E-state index contributed by atoms with van der Waals surface area (Å²) in [5, 5.41) is 0. The average molecular weight is 323 g/mol. The van der Waals surface area contributed by atoms with Gasteiger partial charge >= 0.3 is 23.1 Å². The van der Waals surface area contributed by atoms with Crippen LogP contribution in [-0.4, -0.2) is 23.1 Å². The van der Waals surface area contributed by atoms with E-state index >= 15 is 0 Å². The molecule has 2 rings (SSSR count). The van der Waals surface area contributed by atoms with E-state index in [4.69, 9.17) is 4.74 Å². The summed E-state index contributed by atoms with van der Waals surface area (Å²) < 4.78 is 30.8. The summed E-state index contributed by atoms with van der Waals surface area (Å²) in [5.74, 6) is -1.47. The summed E-state index contributed by atoms with van der Waals surface area (Å²) in [6.45, 7) is 0.308. The van der Waals surface area contributed by atoms with Crippen LogP contribution in [-0.2, 0) is 6.61 Å². The number of benzene rings is 2. The van der Waals surface area contributed by atoms with E-state index < -0.39 is 11.6 Å². The van der Waals surface area contributed by atoms with Crippen LogP contribution in [0.4, 0.5) is 8.78 Å². The fraction of sp³-hybridized carbons (Fsp3) is 0.0769. The van der Waals surface area contributed by atoms with E-state index in [1.807, 2.05) is 12.1 Å². The van der Waals surface area contributed by atoms with Crippen molar-refractivity contribution < 1.29 is 30.5 Å². The molecule has 0 atom stereocenters. The first-order chi connectivity index (χ1) is 7.75. The van der Waals surface area contributed by atoms with Crippen molar-refractivity contribution in [2.45, 2.75) is 6.61 Å². The molecule has 0 radical (unpaired) electrons. The summed E-state index contributed by atoms with van der Waals surface area (Å²) in [4.78, 5) is 0. The summed E-state index contributed by atoms with van der Waals surface area (Å²) in [5.41, 5.74) is 0.923. The molecule has 0 spiro atoms. The van der Waals surface area contributed by atoms with Crippen LogP contribution in [0.1, 0.15) is 5.56 Å². The van der Waals surface area contributed by atoms with Crippen LogP contribution in [0.15, 0.2) is 42.5 Å². The largest absolute Gasteiger partial charge is 2.00 e. The fourth-order valence-electron chi connectivity index (χ4n) is 1.25. The van der Waals surface area contributed by atoms with Gasteiger partial charge in [0.1, 0.15) is 5.75 Å². The molecule has 1 nitrogen and oxygen atoms in total. The van der Waals surface area contributed by atoms with E-state index in [9.17, 15) is 8.78 Å². The molecule has 90 valence electrons. The maximum Gasteiger partial charge on any atom is 2.00 e. The van der Waals surface area contributed by atoms with E-state index in [0.29, 0.717) is 12.4 Å². The SMILES string of the molecule is Fc1ccc(OCc2c[c-]ccc2)cc1F.[Br-].[Mg+2]. The van der Waals surface area contributed by atoms with E-state index in [-0.39, 0.29) is 40.0 Å². The number of hydrogen-bond acceptors (Lipinski definition) is 1. The van der Waals surface area contributed by atoms with Crippen molar-refractivity contribution in [3.05, 3.63) is 65.7 Å². The van der Waals surface area contributed by atoms with Gasteiger partial charge in [-0.1, -0.05) is 0 Å². The molecule has 0 aromatic heterocycles. The molecule has 0 bridgehead atoms. The Labute approximate surface area is 131 Å². The minimum absolute atomic E-state index is 0. The van der Waals surface area contributed by atoms with E-state index in [1.54, 1.807) is 12.1 Å². The van der Waals surface area contributed by atoms with Crippen LogP contribution >= 0.6 is 0 Å². The van der Waals surface area contributed by atoms with Gasteiger partial charge in [0, 0.05) is 6.07 Å². The zero-order chi connectivity index (χ0) is 11.4. The van der Waals surface area contributed by atoms with Crippen molar-refractivity contribution in [3.8, 4) is 5.75 Å². The Hall–Kier alpha value is -0.654. The Kier molecular flexibility index (Phi) is 8.14. The van der Waals surface area contributed by atoms with Crippen LogP contribution < -0.4 is 21.7 Å². The molecule has 0 saturated carbocycles. The number of ether oxygens (including phenoxy) is 1. The van der Waals surface area contributed by atoms with Crippen molar-refractivity contribution >= 4 is 23.1 Å². The second-order valence-corrected chi connectivity index (χ2v) is 3.28. The van der Waals surface area contributed by atoms with Gasteiger partial charge in [-0.25, -0.2) is 8.78 Å². The molecule has 0 saturated heterocycles. The molecule has 5 heteroatoms. The van der Waals surface area contributed by atoms with Crippen molar-refractivity contribution in [3.63, 3.8) is 0 Å². The third kappa shape index (κ3) is 4.92. The first-order valence-electron chi connectivity index (χ1n) is 4.78. The molecule has 0 heterocycles. The number of hydrogen-bond donors (Lipinski definition) is 0. The van der Waals surface area contributed by atoms with Crippen LogP contribution in [0.25, 0.3) is 0 Å². The van der Waals surface area contributed by atoms with Crippen molar-refractivity contribution in [1.29, 1.82) is 0 Å². The maximum atomic E-state index is 12.8. The Morgan fingerprint density at radius 3 is 2.50 bits per heavy atom. The molecule has 0 amide bonds. The smallest absolute Gasteiger partial charge is 1.00 e. The Morgan fingerprint density at radius 2 is 1.89 bits per heavy atom. The van der Waals surface area contributed by atoms with Gasteiger partial charge in [0.25, 0.3) is 0 Å². The first kappa shape index (κ1) is 17.3. The van der Waals surface area contributed by atoms with Crippen LogP contribution in [0.2, 0.25) is 0 Å². The summed E-state index contributed by atoms with van der Waals surface area (Å²) in [7, 11) is 0. The molecule has 0 fully saturated rings.